The van der Waals surface area contributed by atoms with Crippen LogP contribution in [0.5, 0.6) is 0 Å². The van der Waals surface area contributed by atoms with E-state index in [4.69, 9.17) is 4.74 Å². The molecule has 1 atom stereocenters. The van der Waals surface area contributed by atoms with Gasteiger partial charge in [-0.25, -0.2) is 0 Å². The third kappa shape index (κ3) is 15.9. The van der Waals surface area contributed by atoms with Gasteiger partial charge in [0.25, 0.3) is 0 Å². The van der Waals surface area contributed by atoms with Crippen molar-refractivity contribution < 1.29 is 4.74 Å². The van der Waals surface area contributed by atoms with Gasteiger partial charge in [0, 0.05) is 12.6 Å². The molecule has 0 radical (unpaired) electrons. The Morgan fingerprint density at radius 2 is 1.32 bits per heavy atom. The van der Waals surface area contributed by atoms with E-state index in [9.17, 15) is 0 Å². The Hall–Kier alpha value is -0.0800. The summed E-state index contributed by atoms with van der Waals surface area (Å²) in [6.07, 6.45) is 14.1. The van der Waals surface area contributed by atoms with Crippen molar-refractivity contribution in [1.82, 2.24) is 5.32 Å². The van der Waals surface area contributed by atoms with Crippen molar-refractivity contribution in [2.45, 2.75) is 91.0 Å². The van der Waals surface area contributed by atoms with Crippen LogP contribution in [0.4, 0.5) is 0 Å². The summed E-state index contributed by atoms with van der Waals surface area (Å²) in [5.74, 6) is 0. The predicted molar refractivity (Wildman–Crippen MR) is 85.8 cm³/mol. The lowest BCUT2D eigenvalue weighted by atomic mass is 10.1. The summed E-state index contributed by atoms with van der Waals surface area (Å²) < 4.78 is 5.38. The van der Waals surface area contributed by atoms with E-state index in [0.29, 0.717) is 6.04 Å². The van der Waals surface area contributed by atoms with Crippen LogP contribution in [0.1, 0.15) is 85.0 Å². The lowest BCUT2D eigenvalue weighted by Gasteiger charge is -2.13. The average molecular weight is 271 g/mol. The van der Waals surface area contributed by atoms with Crippen LogP contribution in [-0.2, 0) is 4.74 Å². The molecule has 0 fully saturated rings. The molecule has 0 amide bonds. The fourth-order valence-corrected chi connectivity index (χ4v) is 2.31. The van der Waals surface area contributed by atoms with Crippen LogP contribution in [0.3, 0.4) is 0 Å². The smallest absolute Gasteiger partial charge is 0.0616 e. The average Bonchev–Trinajstić information content (AvgIpc) is 2.42. The second kappa shape index (κ2) is 16.0. The fraction of sp³-hybridized carbons (Fsp3) is 1.00. The molecule has 0 saturated heterocycles. The van der Waals surface area contributed by atoms with E-state index in [-0.39, 0.29) is 0 Å². The van der Waals surface area contributed by atoms with Crippen LogP contribution in [0, 0.1) is 0 Å². The van der Waals surface area contributed by atoms with Gasteiger partial charge in [0.05, 0.1) is 6.61 Å². The van der Waals surface area contributed by atoms with Crippen molar-refractivity contribution in [2.24, 2.45) is 0 Å². The highest BCUT2D eigenvalue weighted by atomic mass is 16.5. The first-order valence-corrected chi connectivity index (χ1v) is 8.62. The van der Waals surface area contributed by atoms with Gasteiger partial charge >= 0.3 is 0 Å². The Labute approximate surface area is 121 Å². The van der Waals surface area contributed by atoms with Crippen LogP contribution >= 0.6 is 0 Å². The van der Waals surface area contributed by atoms with Gasteiger partial charge in [0.1, 0.15) is 0 Å². The molecule has 1 N–H and O–H groups in total. The molecular weight excluding hydrogens is 234 g/mol. The standard InChI is InChI=1S/C17H37NO/c1-4-6-7-8-9-10-11-12-13-14-15-18-17(3)16-19-5-2/h17-18H,4-16H2,1-3H3. The third-order valence-electron chi connectivity index (χ3n) is 3.60. The van der Waals surface area contributed by atoms with Crippen LogP contribution in [0.15, 0.2) is 0 Å². The topological polar surface area (TPSA) is 21.3 Å². The monoisotopic (exact) mass is 271 g/mol. The number of rotatable bonds is 15. The number of ether oxygens (including phenoxy) is 1. The van der Waals surface area contributed by atoms with Gasteiger partial charge in [0.2, 0.25) is 0 Å². The molecule has 0 aromatic carbocycles. The molecule has 0 aromatic heterocycles. The van der Waals surface area contributed by atoms with Crippen molar-refractivity contribution in [1.29, 1.82) is 0 Å². The third-order valence-corrected chi connectivity index (χ3v) is 3.60. The summed E-state index contributed by atoms with van der Waals surface area (Å²) in [6, 6.07) is 0.499. The van der Waals surface area contributed by atoms with Gasteiger partial charge in [-0.1, -0.05) is 64.7 Å². The van der Waals surface area contributed by atoms with Crippen LogP contribution in [0.2, 0.25) is 0 Å². The highest BCUT2D eigenvalue weighted by Crippen LogP contribution is 2.10. The van der Waals surface area contributed by atoms with Crippen LogP contribution in [-0.4, -0.2) is 25.8 Å². The van der Waals surface area contributed by atoms with Crippen molar-refractivity contribution in [3.63, 3.8) is 0 Å². The molecule has 2 nitrogen and oxygen atoms in total. The van der Waals surface area contributed by atoms with E-state index < -0.39 is 0 Å². The van der Waals surface area contributed by atoms with Gasteiger partial charge in [-0.2, -0.15) is 0 Å². The summed E-state index contributed by atoms with van der Waals surface area (Å²) in [5.41, 5.74) is 0. The maximum atomic E-state index is 5.38. The highest BCUT2D eigenvalue weighted by Gasteiger charge is 1.99. The molecule has 0 aliphatic heterocycles. The lowest BCUT2D eigenvalue weighted by Crippen LogP contribution is -2.31. The summed E-state index contributed by atoms with van der Waals surface area (Å²) in [5, 5.41) is 3.52. The van der Waals surface area contributed by atoms with Crippen molar-refractivity contribution >= 4 is 0 Å². The molecule has 19 heavy (non-hydrogen) atoms. The maximum absolute atomic E-state index is 5.38. The first-order chi connectivity index (χ1) is 9.31. The normalized spacial score (nSPS) is 12.8. The summed E-state index contributed by atoms with van der Waals surface area (Å²) in [6.45, 7) is 9.34. The number of unbranched alkanes of at least 4 members (excludes halogenated alkanes) is 9. The molecule has 0 aliphatic carbocycles. The van der Waals surface area contributed by atoms with E-state index in [1.807, 2.05) is 0 Å². The molecule has 0 bridgehead atoms. The minimum atomic E-state index is 0.499. The number of hydrogen-bond donors (Lipinski definition) is 1. The first-order valence-electron chi connectivity index (χ1n) is 8.62. The Balaban J connectivity index is 3.02. The largest absolute Gasteiger partial charge is 0.380 e. The molecule has 0 heterocycles. The molecule has 0 rings (SSSR count). The van der Waals surface area contributed by atoms with Gasteiger partial charge in [-0.15, -0.1) is 0 Å². The fourth-order valence-electron chi connectivity index (χ4n) is 2.31. The summed E-state index contributed by atoms with van der Waals surface area (Å²) in [4.78, 5) is 0. The van der Waals surface area contributed by atoms with Gasteiger partial charge in [-0.05, 0) is 26.8 Å². The zero-order valence-corrected chi connectivity index (χ0v) is 13.7. The Morgan fingerprint density at radius 1 is 0.789 bits per heavy atom. The molecule has 0 aliphatic rings. The van der Waals surface area contributed by atoms with Gasteiger partial charge in [0.15, 0.2) is 0 Å². The number of nitrogens with one attached hydrogen (secondary N) is 1. The van der Waals surface area contributed by atoms with Crippen LogP contribution in [0.25, 0.3) is 0 Å². The predicted octanol–water partition coefficient (Wildman–Crippen LogP) is 4.92. The first kappa shape index (κ1) is 18.9. The number of hydrogen-bond acceptors (Lipinski definition) is 2. The lowest BCUT2D eigenvalue weighted by molar-refractivity contribution is 0.127. The van der Waals surface area contributed by atoms with Crippen molar-refractivity contribution in [3.8, 4) is 0 Å². The van der Waals surface area contributed by atoms with E-state index in [0.717, 1.165) is 19.8 Å². The second-order valence-corrected chi connectivity index (χ2v) is 5.70. The van der Waals surface area contributed by atoms with E-state index in [2.05, 4.69) is 26.1 Å². The zero-order valence-electron chi connectivity index (χ0n) is 13.7. The molecule has 0 spiro atoms. The zero-order chi connectivity index (χ0) is 14.2. The minimum Gasteiger partial charge on any atom is -0.380 e. The highest BCUT2D eigenvalue weighted by molar-refractivity contribution is 4.59. The van der Waals surface area contributed by atoms with E-state index in [1.165, 1.54) is 64.2 Å². The van der Waals surface area contributed by atoms with Crippen molar-refractivity contribution in [3.05, 3.63) is 0 Å². The molecule has 116 valence electrons. The molecular formula is C17H37NO. The van der Waals surface area contributed by atoms with Gasteiger partial charge in [-0.3, -0.25) is 0 Å². The van der Waals surface area contributed by atoms with Crippen LogP contribution < -0.4 is 5.32 Å². The molecule has 0 aromatic rings. The second-order valence-electron chi connectivity index (χ2n) is 5.70. The van der Waals surface area contributed by atoms with E-state index >= 15 is 0 Å². The van der Waals surface area contributed by atoms with Crippen molar-refractivity contribution in [2.75, 3.05) is 19.8 Å². The SMILES string of the molecule is CCCCCCCCCCCCNC(C)COCC. The Bertz CT molecular complexity index is 161. The quantitative estimate of drug-likeness (QED) is 0.427. The minimum absolute atomic E-state index is 0.499. The van der Waals surface area contributed by atoms with E-state index in [1.54, 1.807) is 0 Å². The Morgan fingerprint density at radius 3 is 1.84 bits per heavy atom. The maximum Gasteiger partial charge on any atom is 0.0616 e. The summed E-state index contributed by atoms with van der Waals surface area (Å²) in [7, 11) is 0. The Kier molecular flexibility index (Phi) is 15.9. The summed E-state index contributed by atoms with van der Waals surface area (Å²) >= 11 is 0. The molecule has 2 heteroatoms. The molecule has 1 unspecified atom stereocenters. The molecule has 0 saturated carbocycles. The van der Waals surface area contributed by atoms with Gasteiger partial charge < -0.3 is 10.1 Å².